The summed E-state index contributed by atoms with van der Waals surface area (Å²) in [6.07, 6.45) is 2.01. The molecule has 2 unspecified atom stereocenters. The molecule has 0 aliphatic heterocycles. The Labute approximate surface area is 115 Å². The smallest absolute Gasteiger partial charge is 0.189 e. The van der Waals surface area contributed by atoms with Crippen LogP contribution >= 0.6 is 11.3 Å². The van der Waals surface area contributed by atoms with Crippen LogP contribution in [0.25, 0.3) is 0 Å². The second kappa shape index (κ2) is 7.26. The van der Waals surface area contributed by atoms with Gasteiger partial charge in [0.2, 0.25) is 0 Å². The van der Waals surface area contributed by atoms with E-state index in [1.54, 1.807) is 12.1 Å². The minimum atomic E-state index is -3.15. The zero-order valence-electron chi connectivity index (χ0n) is 11.3. The molecule has 0 amide bonds. The van der Waals surface area contributed by atoms with E-state index >= 15 is 0 Å². The molecular formula is C13H23NO2S2. The summed E-state index contributed by atoms with van der Waals surface area (Å²) in [4.78, 5) is 0. The Morgan fingerprint density at radius 3 is 2.61 bits per heavy atom. The van der Waals surface area contributed by atoms with E-state index in [9.17, 15) is 8.42 Å². The van der Waals surface area contributed by atoms with Crippen LogP contribution in [0, 0.1) is 5.92 Å². The van der Waals surface area contributed by atoms with Gasteiger partial charge in [-0.15, -0.1) is 11.3 Å². The number of hydrogen-bond acceptors (Lipinski definition) is 4. The molecule has 0 aliphatic carbocycles. The summed E-state index contributed by atoms with van der Waals surface area (Å²) >= 11 is 1.30. The molecule has 3 nitrogen and oxygen atoms in total. The molecule has 1 heterocycles. The number of rotatable bonds is 8. The minimum absolute atomic E-state index is 0.0436. The van der Waals surface area contributed by atoms with E-state index in [1.165, 1.54) is 11.3 Å². The molecule has 0 fully saturated rings. The van der Waals surface area contributed by atoms with Crippen LogP contribution in [0.15, 0.2) is 21.7 Å². The third-order valence-corrected chi connectivity index (χ3v) is 6.45. The molecule has 5 heteroatoms. The van der Waals surface area contributed by atoms with Crippen molar-refractivity contribution in [2.24, 2.45) is 5.92 Å². The van der Waals surface area contributed by atoms with E-state index in [1.807, 2.05) is 5.38 Å². The molecule has 1 aromatic heterocycles. The van der Waals surface area contributed by atoms with Crippen molar-refractivity contribution in [3.05, 3.63) is 17.5 Å². The van der Waals surface area contributed by atoms with Crippen molar-refractivity contribution in [1.82, 2.24) is 5.32 Å². The lowest BCUT2D eigenvalue weighted by molar-refractivity contribution is 0.391. The first-order chi connectivity index (χ1) is 8.51. The van der Waals surface area contributed by atoms with Gasteiger partial charge in [0.1, 0.15) is 4.21 Å². The first-order valence-electron chi connectivity index (χ1n) is 6.50. The predicted octanol–water partition coefficient (Wildman–Crippen LogP) is 2.94. The molecule has 1 aromatic rings. The van der Waals surface area contributed by atoms with Gasteiger partial charge in [-0.1, -0.05) is 33.3 Å². The fraction of sp³-hybridized carbons (Fsp3) is 0.692. The fourth-order valence-corrected chi connectivity index (χ4v) is 4.57. The van der Waals surface area contributed by atoms with Gasteiger partial charge in [-0.3, -0.25) is 0 Å². The molecule has 0 spiro atoms. The predicted molar refractivity (Wildman–Crippen MR) is 77.9 cm³/mol. The summed E-state index contributed by atoms with van der Waals surface area (Å²) in [6, 6.07) is 3.52. The van der Waals surface area contributed by atoms with E-state index < -0.39 is 9.84 Å². The number of hydrogen-bond donors (Lipinski definition) is 1. The van der Waals surface area contributed by atoms with Gasteiger partial charge in [-0.25, -0.2) is 8.42 Å². The molecule has 1 N–H and O–H groups in total. The zero-order valence-corrected chi connectivity index (χ0v) is 13.0. The molecule has 104 valence electrons. The monoisotopic (exact) mass is 289 g/mol. The third kappa shape index (κ3) is 4.37. The van der Waals surface area contributed by atoms with Gasteiger partial charge in [0.25, 0.3) is 0 Å². The average Bonchev–Trinajstić information content (AvgIpc) is 2.87. The van der Waals surface area contributed by atoms with Crippen molar-refractivity contribution < 1.29 is 8.42 Å². The highest BCUT2D eigenvalue weighted by molar-refractivity contribution is 7.93. The van der Waals surface area contributed by atoms with Crippen LogP contribution in [-0.2, 0) is 9.84 Å². The second-order valence-corrected chi connectivity index (χ2v) is 7.87. The molecule has 0 saturated heterocycles. The number of nitrogens with one attached hydrogen (secondary N) is 1. The van der Waals surface area contributed by atoms with Gasteiger partial charge in [0.15, 0.2) is 9.84 Å². The Bertz CT molecular complexity index is 426. The average molecular weight is 289 g/mol. The topological polar surface area (TPSA) is 46.2 Å². The van der Waals surface area contributed by atoms with Crippen molar-refractivity contribution in [3.63, 3.8) is 0 Å². The Kier molecular flexibility index (Phi) is 6.32. The lowest BCUT2D eigenvalue weighted by atomic mass is 10.0. The van der Waals surface area contributed by atoms with Gasteiger partial charge in [-0.2, -0.15) is 0 Å². The van der Waals surface area contributed by atoms with Crippen molar-refractivity contribution in [2.45, 2.75) is 43.9 Å². The van der Waals surface area contributed by atoms with Gasteiger partial charge in [0, 0.05) is 6.04 Å². The largest absolute Gasteiger partial charge is 0.313 e. The Balaban J connectivity index is 2.76. The first kappa shape index (κ1) is 15.7. The maximum atomic E-state index is 12.3. The standard InChI is InChI=1S/C13H23NO2S2/c1-4-8-14-12(11(3)5-2)10-18(15,16)13-7-6-9-17-13/h6-7,9,11-12,14H,4-5,8,10H2,1-3H3. The molecule has 0 aliphatic rings. The first-order valence-corrected chi connectivity index (χ1v) is 9.04. The Morgan fingerprint density at radius 2 is 2.11 bits per heavy atom. The molecule has 0 saturated carbocycles. The van der Waals surface area contributed by atoms with E-state index in [2.05, 4.69) is 26.1 Å². The zero-order chi connectivity index (χ0) is 13.6. The van der Waals surface area contributed by atoms with Gasteiger partial charge < -0.3 is 5.32 Å². The molecule has 2 atom stereocenters. The van der Waals surface area contributed by atoms with E-state index in [0.29, 0.717) is 10.1 Å². The Morgan fingerprint density at radius 1 is 1.39 bits per heavy atom. The van der Waals surface area contributed by atoms with Crippen LogP contribution in [0.3, 0.4) is 0 Å². The molecule has 1 rings (SSSR count). The molecule has 0 radical (unpaired) electrons. The highest BCUT2D eigenvalue weighted by Crippen LogP contribution is 2.20. The number of thiophene rings is 1. The summed E-state index contributed by atoms with van der Waals surface area (Å²) in [7, 11) is -3.15. The second-order valence-electron chi connectivity index (χ2n) is 4.66. The maximum absolute atomic E-state index is 12.3. The van der Waals surface area contributed by atoms with Crippen molar-refractivity contribution in [1.29, 1.82) is 0 Å². The fourth-order valence-electron chi connectivity index (χ4n) is 1.80. The van der Waals surface area contributed by atoms with Crippen molar-refractivity contribution >= 4 is 21.2 Å². The third-order valence-electron chi connectivity index (χ3n) is 3.19. The summed E-state index contributed by atoms with van der Waals surface area (Å²) in [5, 5.41) is 5.17. The minimum Gasteiger partial charge on any atom is -0.313 e. The van der Waals surface area contributed by atoms with Crippen LogP contribution in [0.5, 0.6) is 0 Å². The van der Waals surface area contributed by atoms with Crippen molar-refractivity contribution in [3.8, 4) is 0 Å². The lowest BCUT2D eigenvalue weighted by Gasteiger charge is -2.23. The van der Waals surface area contributed by atoms with Crippen LogP contribution in [-0.4, -0.2) is 26.8 Å². The van der Waals surface area contributed by atoms with E-state index in [0.717, 1.165) is 19.4 Å². The van der Waals surface area contributed by atoms with Crippen LogP contribution in [0.1, 0.15) is 33.6 Å². The lowest BCUT2D eigenvalue weighted by Crippen LogP contribution is -2.40. The summed E-state index contributed by atoms with van der Waals surface area (Å²) < 4.78 is 25.0. The van der Waals surface area contributed by atoms with Gasteiger partial charge in [0.05, 0.1) is 5.75 Å². The highest BCUT2D eigenvalue weighted by Gasteiger charge is 2.24. The van der Waals surface area contributed by atoms with Gasteiger partial charge in [-0.05, 0) is 30.3 Å². The van der Waals surface area contributed by atoms with E-state index in [-0.39, 0.29) is 11.8 Å². The molecule has 18 heavy (non-hydrogen) atoms. The summed E-state index contributed by atoms with van der Waals surface area (Å²) in [5.74, 6) is 0.564. The normalized spacial score (nSPS) is 15.5. The Hall–Kier alpha value is -0.390. The van der Waals surface area contributed by atoms with Crippen LogP contribution in [0.4, 0.5) is 0 Å². The number of sulfone groups is 1. The molecule has 0 aromatic carbocycles. The molecular weight excluding hydrogens is 266 g/mol. The summed E-state index contributed by atoms with van der Waals surface area (Å²) in [6.45, 7) is 7.17. The highest BCUT2D eigenvalue weighted by atomic mass is 32.2. The van der Waals surface area contributed by atoms with Crippen molar-refractivity contribution in [2.75, 3.05) is 12.3 Å². The van der Waals surface area contributed by atoms with Crippen LogP contribution in [0.2, 0.25) is 0 Å². The quantitative estimate of drug-likeness (QED) is 0.800. The SMILES string of the molecule is CCCNC(CS(=O)(=O)c1cccs1)C(C)CC. The van der Waals surface area contributed by atoms with E-state index in [4.69, 9.17) is 0 Å². The molecule has 0 bridgehead atoms. The van der Waals surface area contributed by atoms with Gasteiger partial charge >= 0.3 is 0 Å². The summed E-state index contributed by atoms with van der Waals surface area (Å²) in [5.41, 5.74) is 0. The van der Waals surface area contributed by atoms with Crippen LogP contribution < -0.4 is 5.32 Å². The maximum Gasteiger partial charge on any atom is 0.189 e.